The topological polar surface area (TPSA) is 39.3 Å². The summed E-state index contributed by atoms with van der Waals surface area (Å²) < 4.78 is 13.7. The Balaban J connectivity index is 1.52. The molecule has 5 heteroatoms. The minimum atomic E-state index is -0.284. The summed E-state index contributed by atoms with van der Waals surface area (Å²) in [7, 11) is 1.84. The highest BCUT2D eigenvalue weighted by atomic mass is 19.1. The summed E-state index contributed by atoms with van der Waals surface area (Å²) in [4.78, 5) is 20.4. The summed E-state index contributed by atoms with van der Waals surface area (Å²) in [5, 5.41) is 0.789. The minimum absolute atomic E-state index is 0.0319. The van der Waals surface area contributed by atoms with Gasteiger partial charge in [-0.3, -0.25) is 4.79 Å². The molecule has 0 bridgehead atoms. The zero-order chi connectivity index (χ0) is 19.7. The van der Waals surface area contributed by atoms with Crippen LogP contribution in [0.25, 0.3) is 10.9 Å². The lowest BCUT2D eigenvalue weighted by atomic mass is 10.1. The van der Waals surface area contributed by atoms with Crippen LogP contribution in [-0.2, 0) is 17.8 Å². The number of carbonyl (C=O) groups excluding carboxylic acids is 1. The Hall–Kier alpha value is -2.82. The zero-order valence-electron chi connectivity index (χ0n) is 16.5. The fourth-order valence-electron chi connectivity index (χ4n) is 4.12. The fraction of sp³-hybridized carbons (Fsp3) is 0.348. The molecule has 1 aliphatic heterocycles. The molecule has 146 valence electrons. The molecule has 1 fully saturated rings. The monoisotopic (exact) mass is 379 g/mol. The van der Waals surface area contributed by atoms with Gasteiger partial charge in [-0.2, -0.15) is 0 Å². The molecule has 0 unspecified atom stereocenters. The van der Waals surface area contributed by atoms with Gasteiger partial charge in [0.25, 0.3) is 0 Å². The lowest BCUT2D eigenvalue weighted by Gasteiger charge is -2.24. The molecular formula is C23H26FN3O. The van der Waals surface area contributed by atoms with E-state index in [9.17, 15) is 9.18 Å². The van der Waals surface area contributed by atoms with Crippen molar-refractivity contribution in [3.63, 3.8) is 0 Å². The van der Waals surface area contributed by atoms with Crippen molar-refractivity contribution in [3.05, 3.63) is 65.1 Å². The maximum atomic E-state index is 13.7. The van der Waals surface area contributed by atoms with E-state index in [0.29, 0.717) is 6.54 Å². The highest BCUT2D eigenvalue weighted by Crippen LogP contribution is 2.27. The highest BCUT2D eigenvalue weighted by molar-refractivity contribution is 5.90. The number of H-pyrrole nitrogens is 1. The maximum Gasteiger partial charge on any atom is 0.227 e. The normalized spacial score (nSPS) is 14.0. The molecule has 1 aromatic heterocycles. The van der Waals surface area contributed by atoms with E-state index in [1.165, 1.54) is 36.2 Å². The number of aromatic amines is 1. The number of fused-ring (bicyclic) bond motifs is 1. The molecule has 1 saturated heterocycles. The van der Waals surface area contributed by atoms with Crippen molar-refractivity contribution in [2.75, 3.05) is 25.0 Å². The van der Waals surface area contributed by atoms with Gasteiger partial charge in [-0.25, -0.2) is 4.39 Å². The van der Waals surface area contributed by atoms with Gasteiger partial charge < -0.3 is 14.8 Å². The largest absolute Gasteiger partial charge is 0.371 e. The summed E-state index contributed by atoms with van der Waals surface area (Å²) in [6.07, 6.45) is 2.71. The lowest BCUT2D eigenvalue weighted by Crippen LogP contribution is -2.29. The molecule has 0 aliphatic carbocycles. The molecule has 0 spiro atoms. The van der Waals surface area contributed by atoms with Gasteiger partial charge in [0, 0.05) is 49.0 Å². The molecule has 0 radical (unpaired) electrons. The van der Waals surface area contributed by atoms with Crippen LogP contribution in [0.2, 0.25) is 0 Å². The van der Waals surface area contributed by atoms with Gasteiger partial charge in [-0.15, -0.1) is 0 Å². The second kappa shape index (κ2) is 7.66. The molecule has 1 amide bonds. The predicted octanol–water partition coefficient (Wildman–Crippen LogP) is 4.42. The van der Waals surface area contributed by atoms with E-state index in [1.54, 1.807) is 11.0 Å². The van der Waals surface area contributed by atoms with Crippen molar-refractivity contribution in [2.24, 2.45) is 0 Å². The SMILES string of the molecule is Cc1[nH]c2ccc(F)cc2c1CC(=O)N(C)Cc1ccccc1N1CCCC1. The first-order valence-corrected chi connectivity index (χ1v) is 9.86. The Bertz CT molecular complexity index is 1000. The van der Waals surface area contributed by atoms with E-state index in [0.717, 1.165) is 35.2 Å². The van der Waals surface area contributed by atoms with Gasteiger partial charge in [0.15, 0.2) is 0 Å². The lowest BCUT2D eigenvalue weighted by molar-refractivity contribution is -0.129. The maximum absolute atomic E-state index is 13.7. The summed E-state index contributed by atoms with van der Waals surface area (Å²) in [6, 6.07) is 13.0. The number of nitrogens with one attached hydrogen (secondary N) is 1. The van der Waals surface area contributed by atoms with E-state index in [4.69, 9.17) is 0 Å². The number of nitrogens with zero attached hydrogens (tertiary/aromatic N) is 2. The number of hydrogen-bond donors (Lipinski definition) is 1. The number of carbonyl (C=O) groups is 1. The molecule has 4 nitrogen and oxygen atoms in total. The van der Waals surface area contributed by atoms with Gasteiger partial charge in [-0.05, 0) is 55.2 Å². The number of halogens is 1. The van der Waals surface area contributed by atoms with Crippen LogP contribution in [0.4, 0.5) is 10.1 Å². The van der Waals surface area contributed by atoms with Crippen LogP contribution < -0.4 is 4.90 Å². The molecule has 0 atom stereocenters. The van der Waals surface area contributed by atoms with E-state index in [-0.39, 0.29) is 18.1 Å². The number of amides is 1. The fourth-order valence-corrected chi connectivity index (χ4v) is 4.12. The smallest absolute Gasteiger partial charge is 0.227 e. The molecule has 2 aromatic carbocycles. The number of likely N-dealkylation sites (N-methyl/N-ethyl adjacent to an activating group) is 1. The van der Waals surface area contributed by atoms with Crippen LogP contribution in [-0.4, -0.2) is 35.9 Å². The van der Waals surface area contributed by atoms with Crippen molar-refractivity contribution >= 4 is 22.5 Å². The van der Waals surface area contributed by atoms with Crippen LogP contribution in [0, 0.1) is 12.7 Å². The second-order valence-corrected chi connectivity index (χ2v) is 7.67. The summed E-state index contributed by atoms with van der Waals surface area (Å²) in [5.74, 6) is -0.252. The molecule has 4 rings (SSSR count). The van der Waals surface area contributed by atoms with Crippen LogP contribution in [0.3, 0.4) is 0 Å². The van der Waals surface area contributed by atoms with Gasteiger partial charge in [0.2, 0.25) is 5.91 Å². The average Bonchev–Trinajstić information content (AvgIpc) is 3.31. The second-order valence-electron chi connectivity index (χ2n) is 7.67. The third-order valence-corrected chi connectivity index (χ3v) is 5.68. The third-order valence-electron chi connectivity index (χ3n) is 5.68. The first-order valence-electron chi connectivity index (χ1n) is 9.86. The summed E-state index contributed by atoms with van der Waals surface area (Å²) in [6.45, 7) is 4.66. The van der Waals surface area contributed by atoms with Gasteiger partial charge >= 0.3 is 0 Å². The van der Waals surface area contributed by atoms with Crippen LogP contribution in [0.1, 0.15) is 29.7 Å². The number of hydrogen-bond acceptors (Lipinski definition) is 2. The Kier molecular flexibility index (Phi) is 5.07. The number of aryl methyl sites for hydroxylation is 1. The van der Waals surface area contributed by atoms with Crippen molar-refractivity contribution in [3.8, 4) is 0 Å². The zero-order valence-corrected chi connectivity index (χ0v) is 16.5. The molecule has 1 aliphatic rings. The van der Waals surface area contributed by atoms with Crippen molar-refractivity contribution < 1.29 is 9.18 Å². The van der Waals surface area contributed by atoms with Crippen LogP contribution >= 0.6 is 0 Å². The number of benzene rings is 2. The third kappa shape index (κ3) is 3.61. The van der Waals surface area contributed by atoms with Gasteiger partial charge in [0.1, 0.15) is 5.82 Å². The first-order chi connectivity index (χ1) is 13.5. The molecular weight excluding hydrogens is 353 g/mol. The molecule has 28 heavy (non-hydrogen) atoms. The standard InChI is InChI=1S/C23H26FN3O/c1-16-19(20-13-18(24)9-10-21(20)25-16)14-23(28)26(2)15-17-7-3-4-8-22(17)27-11-5-6-12-27/h3-4,7-10,13,25H,5-6,11-12,14-15H2,1-2H3. The quantitative estimate of drug-likeness (QED) is 0.713. The minimum Gasteiger partial charge on any atom is -0.371 e. The highest BCUT2D eigenvalue weighted by Gasteiger charge is 2.19. The van der Waals surface area contributed by atoms with E-state index >= 15 is 0 Å². The Labute approximate surface area is 165 Å². The Morgan fingerprint density at radius 1 is 1.18 bits per heavy atom. The number of aromatic nitrogens is 1. The van der Waals surface area contributed by atoms with Crippen molar-refractivity contribution in [1.82, 2.24) is 9.88 Å². The molecule has 0 saturated carbocycles. The van der Waals surface area contributed by atoms with Crippen LogP contribution in [0.15, 0.2) is 42.5 Å². The molecule has 1 N–H and O–H groups in total. The van der Waals surface area contributed by atoms with Gasteiger partial charge in [-0.1, -0.05) is 18.2 Å². The van der Waals surface area contributed by atoms with Crippen LogP contribution in [0.5, 0.6) is 0 Å². The van der Waals surface area contributed by atoms with E-state index < -0.39 is 0 Å². The first kappa shape index (κ1) is 18.5. The Morgan fingerprint density at radius 3 is 2.71 bits per heavy atom. The van der Waals surface area contributed by atoms with E-state index in [1.807, 2.05) is 20.0 Å². The van der Waals surface area contributed by atoms with Crippen molar-refractivity contribution in [1.29, 1.82) is 0 Å². The average molecular weight is 379 g/mol. The Morgan fingerprint density at radius 2 is 1.93 bits per heavy atom. The van der Waals surface area contributed by atoms with E-state index in [2.05, 4.69) is 28.1 Å². The molecule has 3 aromatic rings. The number of para-hydroxylation sites is 1. The van der Waals surface area contributed by atoms with Crippen molar-refractivity contribution in [2.45, 2.75) is 32.7 Å². The summed E-state index contributed by atoms with van der Waals surface area (Å²) >= 11 is 0. The predicted molar refractivity (Wildman–Crippen MR) is 111 cm³/mol. The number of rotatable bonds is 5. The molecule has 2 heterocycles. The van der Waals surface area contributed by atoms with Gasteiger partial charge in [0.05, 0.1) is 6.42 Å². The summed E-state index contributed by atoms with van der Waals surface area (Å²) in [5.41, 5.74) is 5.05. The number of anilines is 1.